The molecule has 106 valence electrons. The lowest BCUT2D eigenvalue weighted by atomic mass is 9.71. The van der Waals surface area contributed by atoms with Crippen LogP contribution in [0.25, 0.3) is 0 Å². The summed E-state index contributed by atoms with van der Waals surface area (Å²) in [4.78, 5) is 23.0. The van der Waals surface area contributed by atoms with Crippen molar-refractivity contribution >= 4 is 11.9 Å². The van der Waals surface area contributed by atoms with Gasteiger partial charge >= 0.3 is 11.9 Å². The zero-order chi connectivity index (χ0) is 14.4. The van der Waals surface area contributed by atoms with Crippen LogP contribution in [-0.2, 0) is 14.3 Å². The highest BCUT2D eigenvalue weighted by molar-refractivity contribution is 5.94. The standard InChI is InChI=1S/C16H18O4/c1-8-3-11(7-17)15-9(2)4-10(5-12(8)15)13-6-14(18)20-16(13)19/h4,7,10,12-13,15,17H,1,3,5-6H2,2H3. The van der Waals surface area contributed by atoms with E-state index in [-0.39, 0.29) is 30.1 Å². The Morgan fingerprint density at radius 1 is 1.40 bits per heavy atom. The van der Waals surface area contributed by atoms with E-state index in [2.05, 4.69) is 17.4 Å². The van der Waals surface area contributed by atoms with Crippen LogP contribution in [0.3, 0.4) is 0 Å². The molecular weight excluding hydrogens is 256 g/mol. The predicted octanol–water partition coefficient (Wildman–Crippen LogP) is 2.68. The average Bonchev–Trinajstić information content (AvgIpc) is 2.90. The van der Waals surface area contributed by atoms with Crippen molar-refractivity contribution in [2.75, 3.05) is 0 Å². The first-order valence-corrected chi connectivity index (χ1v) is 6.95. The van der Waals surface area contributed by atoms with Gasteiger partial charge in [0.25, 0.3) is 0 Å². The minimum atomic E-state index is -0.422. The second-order valence-electron chi connectivity index (χ2n) is 6.04. The Balaban J connectivity index is 1.90. The summed E-state index contributed by atoms with van der Waals surface area (Å²) in [6.07, 6.45) is 4.97. The van der Waals surface area contributed by atoms with E-state index in [0.29, 0.717) is 0 Å². The molecular formula is C16H18O4. The normalized spacial score (nSPS) is 39.0. The SMILES string of the molecule is C=C1CC(=CO)C2C(C)=CC(C3CC(=O)OC3=O)CC12. The van der Waals surface area contributed by atoms with Crippen molar-refractivity contribution in [3.8, 4) is 0 Å². The molecule has 0 bridgehead atoms. The van der Waals surface area contributed by atoms with Gasteiger partial charge in [0.2, 0.25) is 0 Å². The van der Waals surface area contributed by atoms with Gasteiger partial charge < -0.3 is 9.84 Å². The van der Waals surface area contributed by atoms with Gasteiger partial charge in [0.15, 0.2) is 0 Å². The fraction of sp³-hybridized carbons (Fsp3) is 0.500. The third-order valence-corrected chi connectivity index (χ3v) is 4.84. The molecule has 3 aliphatic rings. The van der Waals surface area contributed by atoms with Crippen LogP contribution in [0.4, 0.5) is 0 Å². The van der Waals surface area contributed by atoms with Crippen LogP contribution in [0.1, 0.15) is 26.2 Å². The number of allylic oxidation sites excluding steroid dienone is 4. The molecule has 3 rings (SSSR count). The maximum absolute atomic E-state index is 11.7. The highest BCUT2D eigenvalue weighted by Gasteiger charge is 2.45. The molecule has 0 radical (unpaired) electrons. The third kappa shape index (κ3) is 1.90. The van der Waals surface area contributed by atoms with Gasteiger partial charge in [0, 0.05) is 5.92 Å². The Hall–Kier alpha value is -1.84. The highest BCUT2D eigenvalue weighted by Crippen LogP contribution is 2.51. The Kier molecular flexibility index (Phi) is 3.04. The number of hydrogen-bond acceptors (Lipinski definition) is 4. The summed E-state index contributed by atoms with van der Waals surface area (Å²) in [6, 6.07) is 0. The molecule has 1 aliphatic heterocycles. The van der Waals surface area contributed by atoms with Crippen molar-refractivity contribution in [1.29, 1.82) is 0 Å². The van der Waals surface area contributed by atoms with E-state index >= 15 is 0 Å². The second-order valence-corrected chi connectivity index (χ2v) is 6.04. The molecule has 0 aromatic carbocycles. The molecule has 2 aliphatic carbocycles. The molecule has 1 saturated heterocycles. The van der Waals surface area contributed by atoms with Crippen LogP contribution in [-0.4, -0.2) is 17.0 Å². The first kappa shape index (κ1) is 13.2. The van der Waals surface area contributed by atoms with Crippen molar-refractivity contribution in [1.82, 2.24) is 0 Å². The lowest BCUT2D eigenvalue weighted by molar-refractivity contribution is -0.153. The zero-order valence-corrected chi connectivity index (χ0v) is 11.5. The molecule has 1 saturated carbocycles. The number of aliphatic hydroxyl groups excluding tert-OH is 1. The van der Waals surface area contributed by atoms with Crippen LogP contribution < -0.4 is 0 Å². The minimum Gasteiger partial charge on any atom is -0.516 e. The maximum Gasteiger partial charge on any atom is 0.317 e. The zero-order valence-electron chi connectivity index (χ0n) is 11.5. The van der Waals surface area contributed by atoms with E-state index in [9.17, 15) is 14.7 Å². The minimum absolute atomic E-state index is 0.0324. The molecule has 0 aromatic heterocycles. The van der Waals surface area contributed by atoms with Crippen molar-refractivity contribution < 1.29 is 19.4 Å². The van der Waals surface area contributed by atoms with Gasteiger partial charge in [0.05, 0.1) is 18.6 Å². The molecule has 4 heteroatoms. The van der Waals surface area contributed by atoms with Gasteiger partial charge in [-0.2, -0.15) is 0 Å². The summed E-state index contributed by atoms with van der Waals surface area (Å²) < 4.78 is 4.66. The monoisotopic (exact) mass is 274 g/mol. The number of carbonyl (C=O) groups is 2. The highest BCUT2D eigenvalue weighted by atomic mass is 16.6. The molecule has 0 aromatic rings. The lowest BCUT2D eigenvalue weighted by Crippen LogP contribution is -2.27. The number of cyclic esters (lactones) is 2. The number of ether oxygens (including phenoxy) is 1. The molecule has 20 heavy (non-hydrogen) atoms. The van der Waals surface area contributed by atoms with Crippen LogP contribution >= 0.6 is 0 Å². The maximum atomic E-state index is 11.7. The molecule has 4 unspecified atom stereocenters. The number of hydrogen-bond donors (Lipinski definition) is 1. The molecule has 0 spiro atoms. The van der Waals surface area contributed by atoms with E-state index in [4.69, 9.17) is 0 Å². The van der Waals surface area contributed by atoms with Gasteiger partial charge in [-0.15, -0.1) is 0 Å². The second kappa shape index (κ2) is 4.62. The summed E-state index contributed by atoms with van der Waals surface area (Å²) in [6.45, 7) is 6.13. The third-order valence-electron chi connectivity index (χ3n) is 4.84. The summed E-state index contributed by atoms with van der Waals surface area (Å²) >= 11 is 0. The van der Waals surface area contributed by atoms with E-state index in [1.807, 2.05) is 6.92 Å². The summed E-state index contributed by atoms with van der Waals surface area (Å²) in [5, 5.41) is 9.35. The molecule has 2 fully saturated rings. The molecule has 4 nitrogen and oxygen atoms in total. The Labute approximate surface area is 117 Å². The van der Waals surface area contributed by atoms with Crippen LogP contribution in [0.5, 0.6) is 0 Å². The quantitative estimate of drug-likeness (QED) is 0.345. The van der Waals surface area contributed by atoms with Crippen molar-refractivity contribution in [2.24, 2.45) is 23.7 Å². The van der Waals surface area contributed by atoms with Crippen LogP contribution in [0.15, 0.2) is 35.6 Å². The first-order valence-electron chi connectivity index (χ1n) is 6.95. The molecule has 1 N–H and O–H groups in total. The fourth-order valence-corrected chi connectivity index (χ4v) is 3.94. The van der Waals surface area contributed by atoms with E-state index < -0.39 is 11.9 Å². The number of fused-ring (bicyclic) bond motifs is 1. The van der Waals surface area contributed by atoms with Crippen molar-refractivity contribution in [2.45, 2.75) is 26.2 Å². The van der Waals surface area contributed by atoms with E-state index in [0.717, 1.165) is 29.6 Å². The number of aliphatic hydroxyl groups is 1. The predicted molar refractivity (Wildman–Crippen MR) is 72.5 cm³/mol. The van der Waals surface area contributed by atoms with Gasteiger partial charge in [-0.25, -0.2) is 0 Å². The largest absolute Gasteiger partial charge is 0.516 e. The number of rotatable bonds is 1. The Bertz CT molecular complexity index is 555. The molecule has 4 atom stereocenters. The number of esters is 2. The van der Waals surface area contributed by atoms with Gasteiger partial charge in [-0.05, 0) is 37.2 Å². The Morgan fingerprint density at radius 3 is 2.75 bits per heavy atom. The van der Waals surface area contributed by atoms with Gasteiger partial charge in [-0.1, -0.05) is 23.8 Å². The molecule has 1 heterocycles. The van der Waals surface area contributed by atoms with Gasteiger partial charge in [0.1, 0.15) is 0 Å². The smallest absolute Gasteiger partial charge is 0.317 e. The Morgan fingerprint density at radius 2 is 2.15 bits per heavy atom. The average molecular weight is 274 g/mol. The number of carbonyl (C=O) groups excluding carboxylic acids is 2. The summed E-state index contributed by atoms with van der Waals surface area (Å²) in [7, 11) is 0. The topological polar surface area (TPSA) is 63.6 Å². The summed E-state index contributed by atoms with van der Waals surface area (Å²) in [5.41, 5.74) is 3.25. The van der Waals surface area contributed by atoms with Crippen LogP contribution in [0, 0.1) is 23.7 Å². The van der Waals surface area contributed by atoms with Crippen LogP contribution in [0.2, 0.25) is 0 Å². The van der Waals surface area contributed by atoms with Crippen molar-refractivity contribution in [3.63, 3.8) is 0 Å². The van der Waals surface area contributed by atoms with E-state index in [1.165, 1.54) is 6.26 Å². The first-order chi connectivity index (χ1) is 9.51. The fourth-order valence-electron chi connectivity index (χ4n) is 3.94. The van der Waals surface area contributed by atoms with E-state index in [1.54, 1.807) is 0 Å². The molecule has 0 amide bonds. The lowest BCUT2D eigenvalue weighted by Gasteiger charge is -2.32. The van der Waals surface area contributed by atoms with Gasteiger partial charge in [-0.3, -0.25) is 9.59 Å². The summed E-state index contributed by atoms with van der Waals surface area (Å²) in [5.74, 6) is -0.680. The van der Waals surface area contributed by atoms with Crippen molar-refractivity contribution in [3.05, 3.63) is 35.6 Å².